The van der Waals surface area contributed by atoms with Crippen LogP contribution in [0.25, 0.3) is 0 Å². The van der Waals surface area contributed by atoms with Crippen LogP contribution in [-0.4, -0.2) is 55.2 Å². The van der Waals surface area contributed by atoms with Crippen LogP contribution in [0.4, 0.5) is 11.4 Å². The molecule has 0 unspecified atom stereocenters. The average Bonchev–Trinajstić information content (AvgIpc) is 2.78. The van der Waals surface area contributed by atoms with Crippen molar-refractivity contribution in [2.45, 2.75) is 33.7 Å². The summed E-state index contributed by atoms with van der Waals surface area (Å²) in [5.41, 5.74) is 1.32. The minimum atomic E-state index is -0.424. The monoisotopic (exact) mass is 430 g/mol. The number of aromatic nitrogens is 2. The number of carbonyl (C=O) groups is 1. The maximum absolute atomic E-state index is 12.9. The number of carbonyl (C=O) groups excluding carboxylic acids is 1. The summed E-state index contributed by atoms with van der Waals surface area (Å²) >= 11 is 0. The molecular formula is C22H30N4O5. The molecule has 1 N–H and O–H groups in total. The number of benzene rings is 1. The van der Waals surface area contributed by atoms with Crippen LogP contribution in [0.2, 0.25) is 0 Å². The molecule has 1 aromatic carbocycles. The third-order valence-electron chi connectivity index (χ3n) is 4.80. The van der Waals surface area contributed by atoms with Crippen LogP contribution in [-0.2, 0) is 11.3 Å². The molecule has 3 rings (SSSR count). The van der Waals surface area contributed by atoms with Gasteiger partial charge in [0.25, 0.3) is 11.5 Å². The van der Waals surface area contributed by atoms with Crippen molar-refractivity contribution in [1.82, 2.24) is 9.78 Å². The summed E-state index contributed by atoms with van der Waals surface area (Å²) in [5.74, 6) is 0.780. The topological polar surface area (TPSA) is 94.9 Å². The zero-order valence-electron chi connectivity index (χ0n) is 18.3. The minimum absolute atomic E-state index is 0.158. The summed E-state index contributed by atoms with van der Waals surface area (Å²) < 4.78 is 18.4. The molecule has 1 amide bonds. The smallest absolute Gasteiger partial charge is 0.276 e. The molecule has 1 aromatic heterocycles. The molecule has 0 spiro atoms. The zero-order chi connectivity index (χ0) is 22.2. The molecule has 2 heterocycles. The van der Waals surface area contributed by atoms with Gasteiger partial charge in [-0.05, 0) is 26.3 Å². The quantitative estimate of drug-likeness (QED) is 0.653. The lowest BCUT2D eigenvalue weighted by atomic mass is 10.2. The highest BCUT2D eigenvalue weighted by atomic mass is 16.5. The fraction of sp³-hybridized carbons (Fsp3) is 0.500. The Labute approximate surface area is 181 Å². The second-order valence-electron chi connectivity index (χ2n) is 7.02. The number of hydrogen-bond donors (Lipinski definition) is 1. The van der Waals surface area contributed by atoms with Gasteiger partial charge in [-0.15, -0.1) is 0 Å². The van der Waals surface area contributed by atoms with Crippen molar-refractivity contribution in [1.29, 1.82) is 0 Å². The second-order valence-corrected chi connectivity index (χ2v) is 7.02. The van der Waals surface area contributed by atoms with E-state index < -0.39 is 5.91 Å². The van der Waals surface area contributed by atoms with Crippen molar-refractivity contribution in [3.63, 3.8) is 0 Å². The van der Waals surface area contributed by atoms with E-state index in [9.17, 15) is 9.59 Å². The van der Waals surface area contributed by atoms with Gasteiger partial charge in [-0.3, -0.25) is 9.59 Å². The predicted molar refractivity (Wildman–Crippen MR) is 119 cm³/mol. The molecule has 0 saturated carbocycles. The first kappa shape index (κ1) is 22.6. The summed E-state index contributed by atoms with van der Waals surface area (Å²) in [4.78, 5) is 27.0. The fourth-order valence-corrected chi connectivity index (χ4v) is 3.37. The average molecular weight is 431 g/mol. The van der Waals surface area contributed by atoms with E-state index in [1.807, 2.05) is 26.8 Å². The molecule has 1 saturated heterocycles. The normalized spacial score (nSPS) is 13.7. The van der Waals surface area contributed by atoms with Gasteiger partial charge in [0.1, 0.15) is 17.2 Å². The lowest BCUT2D eigenvalue weighted by Gasteiger charge is -2.31. The van der Waals surface area contributed by atoms with Crippen LogP contribution in [0.5, 0.6) is 11.5 Å². The molecular weight excluding hydrogens is 400 g/mol. The fourth-order valence-electron chi connectivity index (χ4n) is 3.37. The van der Waals surface area contributed by atoms with Gasteiger partial charge in [-0.1, -0.05) is 6.92 Å². The van der Waals surface area contributed by atoms with Gasteiger partial charge in [0.2, 0.25) is 0 Å². The molecule has 1 fully saturated rings. The van der Waals surface area contributed by atoms with E-state index in [4.69, 9.17) is 14.2 Å². The molecule has 0 aliphatic carbocycles. The number of hydrogen-bond acceptors (Lipinski definition) is 7. The lowest BCUT2D eigenvalue weighted by molar-refractivity contribution is 0.101. The Morgan fingerprint density at radius 2 is 1.81 bits per heavy atom. The molecule has 0 bridgehead atoms. The van der Waals surface area contributed by atoms with E-state index in [0.29, 0.717) is 50.2 Å². The van der Waals surface area contributed by atoms with Crippen molar-refractivity contribution >= 4 is 17.3 Å². The first-order valence-corrected chi connectivity index (χ1v) is 10.7. The molecule has 168 valence electrons. The molecule has 2 aromatic rings. The van der Waals surface area contributed by atoms with Gasteiger partial charge < -0.3 is 24.4 Å². The van der Waals surface area contributed by atoms with Crippen LogP contribution in [0.1, 0.15) is 37.7 Å². The Balaban J connectivity index is 1.93. The van der Waals surface area contributed by atoms with E-state index in [0.717, 1.165) is 25.2 Å². The Morgan fingerprint density at radius 3 is 2.48 bits per heavy atom. The Hall–Kier alpha value is -3.07. The maximum Gasteiger partial charge on any atom is 0.276 e. The number of rotatable bonds is 9. The molecule has 0 atom stereocenters. The highest BCUT2D eigenvalue weighted by Crippen LogP contribution is 2.39. The van der Waals surface area contributed by atoms with E-state index in [1.54, 1.807) is 6.07 Å². The zero-order valence-corrected chi connectivity index (χ0v) is 18.3. The lowest BCUT2D eigenvalue weighted by Crippen LogP contribution is -2.36. The van der Waals surface area contributed by atoms with Gasteiger partial charge in [-0.25, -0.2) is 4.68 Å². The largest absolute Gasteiger partial charge is 0.492 e. The summed E-state index contributed by atoms with van der Waals surface area (Å²) in [5, 5.41) is 7.05. The van der Waals surface area contributed by atoms with Crippen LogP contribution in [0, 0.1) is 0 Å². The van der Waals surface area contributed by atoms with Gasteiger partial charge in [-0.2, -0.15) is 5.10 Å². The number of nitrogens with zero attached hydrogens (tertiary/aromatic N) is 3. The van der Waals surface area contributed by atoms with Gasteiger partial charge in [0.15, 0.2) is 0 Å². The Bertz CT molecular complexity index is 953. The molecule has 31 heavy (non-hydrogen) atoms. The Kier molecular flexibility index (Phi) is 7.88. The SMILES string of the molecule is CCCn1nc(C(=O)Nc2cc(OCC)c(N3CCOCC3)cc2OCC)ccc1=O. The van der Waals surface area contributed by atoms with Gasteiger partial charge in [0.05, 0.1) is 37.8 Å². The predicted octanol–water partition coefficient (Wildman–Crippen LogP) is 2.54. The van der Waals surface area contributed by atoms with Crippen molar-refractivity contribution in [3.05, 3.63) is 40.3 Å². The summed E-state index contributed by atoms with van der Waals surface area (Å²) in [6.45, 7) is 9.92. The van der Waals surface area contributed by atoms with E-state index in [1.165, 1.54) is 16.8 Å². The van der Waals surface area contributed by atoms with Crippen molar-refractivity contribution in [2.75, 3.05) is 49.7 Å². The third-order valence-corrected chi connectivity index (χ3v) is 4.80. The number of amides is 1. The second kappa shape index (κ2) is 10.8. The highest BCUT2D eigenvalue weighted by Gasteiger charge is 2.21. The molecule has 1 aliphatic rings. The van der Waals surface area contributed by atoms with Crippen LogP contribution >= 0.6 is 0 Å². The van der Waals surface area contributed by atoms with Crippen LogP contribution in [0.15, 0.2) is 29.1 Å². The van der Waals surface area contributed by atoms with E-state index in [2.05, 4.69) is 15.3 Å². The summed E-state index contributed by atoms with van der Waals surface area (Å²) in [6, 6.07) is 6.45. The number of ether oxygens (including phenoxy) is 3. The van der Waals surface area contributed by atoms with Crippen molar-refractivity contribution < 1.29 is 19.0 Å². The first-order valence-electron chi connectivity index (χ1n) is 10.7. The van der Waals surface area contributed by atoms with E-state index in [-0.39, 0.29) is 11.3 Å². The minimum Gasteiger partial charge on any atom is -0.492 e. The molecule has 9 heteroatoms. The van der Waals surface area contributed by atoms with E-state index >= 15 is 0 Å². The highest BCUT2D eigenvalue weighted by molar-refractivity contribution is 6.04. The van der Waals surface area contributed by atoms with Gasteiger partial charge in [0, 0.05) is 37.8 Å². The maximum atomic E-state index is 12.9. The first-order chi connectivity index (χ1) is 15.1. The number of anilines is 2. The standard InChI is InChI=1S/C22H30N4O5/c1-4-9-26-21(27)8-7-16(24-26)22(28)23-17-14-20(31-6-3)18(15-19(17)30-5-2)25-10-12-29-13-11-25/h7-8,14-15H,4-6,9-13H2,1-3H3,(H,23,28). The molecule has 1 aliphatic heterocycles. The number of aryl methyl sites for hydroxylation is 1. The van der Waals surface area contributed by atoms with Crippen molar-refractivity contribution in [2.24, 2.45) is 0 Å². The summed E-state index contributed by atoms with van der Waals surface area (Å²) in [6.07, 6.45) is 0.743. The van der Waals surface area contributed by atoms with Gasteiger partial charge >= 0.3 is 0 Å². The number of nitrogens with one attached hydrogen (secondary N) is 1. The molecule has 9 nitrogen and oxygen atoms in total. The van der Waals surface area contributed by atoms with Crippen molar-refractivity contribution in [3.8, 4) is 11.5 Å². The van der Waals surface area contributed by atoms with Crippen LogP contribution < -0.4 is 25.2 Å². The third kappa shape index (κ3) is 5.55. The molecule has 0 radical (unpaired) electrons. The van der Waals surface area contributed by atoms with Crippen LogP contribution in [0.3, 0.4) is 0 Å². The number of morpholine rings is 1. The Morgan fingerprint density at radius 1 is 1.10 bits per heavy atom. The summed E-state index contributed by atoms with van der Waals surface area (Å²) in [7, 11) is 0.